The number of benzene rings is 2. The molecule has 0 saturated carbocycles. The third-order valence-corrected chi connectivity index (χ3v) is 3.89. The largest absolute Gasteiger partial charge is 0.346 e. The summed E-state index contributed by atoms with van der Waals surface area (Å²) in [4.78, 5) is 12.5. The fourth-order valence-electron chi connectivity index (χ4n) is 2.65. The van der Waals surface area contributed by atoms with Crippen LogP contribution in [0.5, 0.6) is 0 Å². The van der Waals surface area contributed by atoms with Crippen molar-refractivity contribution in [3.05, 3.63) is 90.3 Å². The molecule has 1 heterocycles. The first kappa shape index (κ1) is 15.1. The van der Waals surface area contributed by atoms with E-state index in [-0.39, 0.29) is 11.9 Å². The average Bonchev–Trinajstić information content (AvgIpc) is 3.10. The van der Waals surface area contributed by atoms with Gasteiger partial charge in [0.15, 0.2) is 0 Å². The zero-order valence-corrected chi connectivity index (χ0v) is 13.1. The van der Waals surface area contributed by atoms with E-state index in [4.69, 9.17) is 0 Å². The van der Waals surface area contributed by atoms with Crippen molar-refractivity contribution < 1.29 is 4.79 Å². The van der Waals surface area contributed by atoms with E-state index in [1.165, 1.54) is 5.56 Å². The Balaban J connectivity index is 1.76. The summed E-state index contributed by atoms with van der Waals surface area (Å²) >= 11 is 0. The summed E-state index contributed by atoms with van der Waals surface area (Å²) in [7, 11) is 0. The summed E-state index contributed by atoms with van der Waals surface area (Å²) in [6, 6.07) is 21.9. The lowest BCUT2D eigenvalue weighted by Gasteiger charge is -2.19. The minimum Gasteiger partial charge on any atom is -0.346 e. The van der Waals surface area contributed by atoms with Gasteiger partial charge in [0.25, 0.3) is 0 Å². The Hall–Kier alpha value is -2.81. The van der Waals surface area contributed by atoms with Gasteiger partial charge in [0, 0.05) is 18.1 Å². The maximum absolute atomic E-state index is 12.5. The van der Waals surface area contributed by atoms with Crippen LogP contribution in [-0.4, -0.2) is 10.5 Å². The Kier molecular flexibility index (Phi) is 4.57. The number of aryl methyl sites for hydroxylation is 1. The van der Waals surface area contributed by atoms with Crippen LogP contribution in [0.15, 0.2) is 79.1 Å². The van der Waals surface area contributed by atoms with E-state index in [1.807, 2.05) is 73.9 Å². The van der Waals surface area contributed by atoms with Gasteiger partial charge in [0.05, 0.1) is 12.5 Å². The summed E-state index contributed by atoms with van der Waals surface area (Å²) < 4.78 is 2.07. The first-order valence-electron chi connectivity index (χ1n) is 7.76. The fraction of sp³-hybridized carbons (Fsp3) is 0.150. The van der Waals surface area contributed by atoms with Gasteiger partial charge in [0.2, 0.25) is 5.91 Å². The van der Waals surface area contributed by atoms with Gasteiger partial charge in [-0.3, -0.25) is 4.79 Å². The van der Waals surface area contributed by atoms with Crippen molar-refractivity contribution in [1.29, 1.82) is 0 Å². The lowest BCUT2D eigenvalue weighted by molar-refractivity contribution is -0.116. The van der Waals surface area contributed by atoms with E-state index in [1.54, 1.807) is 0 Å². The minimum absolute atomic E-state index is 0.00310. The highest BCUT2D eigenvalue weighted by atomic mass is 16.1. The monoisotopic (exact) mass is 304 g/mol. The van der Waals surface area contributed by atoms with Gasteiger partial charge in [-0.05, 0) is 36.8 Å². The topological polar surface area (TPSA) is 34.0 Å². The van der Waals surface area contributed by atoms with Crippen molar-refractivity contribution in [1.82, 2.24) is 4.57 Å². The number of rotatable bonds is 5. The lowest BCUT2D eigenvalue weighted by atomic mass is 10.0. The van der Waals surface area contributed by atoms with E-state index in [0.29, 0.717) is 6.42 Å². The van der Waals surface area contributed by atoms with Gasteiger partial charge in [-0.25, -0.2) is 0 Å². The molecule has 3 heteroatoms. The second-order valence-electron chi connectivity index (χ2n) is 5.68. The Morgan fingerprint density at radius 2 is 1.61 bits per heavy atom. The molecule has 0 saturated heterocycles. The first-order chi connectivity index (χ1) is 11.2. The lowest BCUT2D eigenvalue weighted by Crippen LogP contribution is -2.19. The van der Waals surface area contributed by atoms with E-state index in [0.717, 1.165) is 11.3 Å². The van der Waals surface area contributed by atoms with Crippen molar-refractivity contribution in [2.75, 3.05) is 5.32 Å². The Morgan fingerprint density at radius 3 is 2.26 bits per heavy atom. The Bertz CT molecular complexity index is 746. The van der Waals surface area contributed by atoms with E-state index in [2.05, 4.69) is 22.0 Å². The van der Waals surface area contributed by atoms with Crippen LogP contribution in [0.4, 0.5) is 5.69 Å². The molecule has 3 rings (SSSR count). The molecule has 3 aromatic rings. The number of nitrogens with zero attached hydrogens (tertiary/aromatic N) is 1. The molecule has 0 fully saturated rings. The van der Waals surface area contributed by atoms with Crippen molar-refractivity contribution in [2.45, 2.75) is 19.4 Å². The third-order valence-electron chi connectivity index (χ3n) is 3.89. The van der Waals surface area contributed by atoms with E-state index in [9.17, 15) is 4.79 Å². The molecule has 0 bridgehead atoms. The highest BCUT2D eigenvalue weighted by Gasteiger charge is 2.17. The molecule has 0 unspecified atom stereocenters. The molecular weight excluding hydrogens is 284 g/mol. The third kappa shape index (κ3) is 3.89. The average molecular weight is 304 g/mol. The normalized spacial score (nSPS) is 11.9. The summed E-state index contributed by atoms with van der Waals surface area (Å²) in [5.74, 6) is 0.0106. The number of nitrogens with one attached hydrogen (secondary N) is 1. The van der Waals surface area contributed by atoms with Crippen molar-refractivity contribution >= 4 is 11.6 Å². The maximum Gasteiger partial charge on any atom is 0.226 e. The summed E-state index contributed by atoms with van der Waals surface area (Å²) in [5.41, 5.74) is 3.14. The number of carbonyl (C=O) groups is 1. The van der Waals surface area contributed by atoms with Crippen molar-refractivity contribution in [3.8, 4) is 0 Å². The van der Waals surface area contributed by atoms with Crippen LogP contribution < -0.4 is 5.32 Å². The second-order valence-corrected chi connectivity index (χ2v) is 5.68. The maximum atomic E-state index is 12.5. The molecule has 23 heavy (non-hydrogen) atoms. The van der Waals surface area contributed by atoms with Crippen LogP contribution in [0.25, 0.3) is 0 Å². The van der Waals surface area contributed by atoms with Crippen molar-refractivity contribution in [2.24, 2.45) is 0 Å². The Morgan fingerprint density at radius 1 is 0.957 bits per heavy atom. The molecule has 0 aliphatic carbocycles. The predicted octanol–water partition coefficient (Wildman–Crippen LogP) is 4.41. The highest BCUT2D eigenvalue weighted by molar-refractivity contribution is 5.91. The van der Waals surface area contributed by atoms with Crippen LogP contribution in [0.3, 0.4) is 0 Å². The first-order valence-corrected chi connectivity index (χ1v) is 7.76. The highest BCUT2D eigenvalue weighted by Crippen LogP contribution is 2.23. The van der Waals surface area contributed by atoms with Crippen molar-refractivity contribution in [3.63, 3.8) is 0 Å². The number of hydrogen-bond donors (Lipinski definition) is 1. The number of anilines is 1. The van der Waals surface area contributed by atoms with Crippen LogP contribution >= 0.6 is 0 Å². The second kappa shape index (κ2) is 6.97. The van der Waals surface area contributed by atoms with Crippen LogP contribution in [0.1, 0.15) is 23.6 Å². The smallest absolute Gasteiger partial charge is 0.226 e. The van der Waals surface area contributed by atoms with Gasteiger partial charge in [-0.2, -0.15) is 0 Å². The van der Waals surface area contributed by atoms with Gasteiger partial charge >= 0.3 is 0 Å². The molecule has 2 aromatic carbocycles. The van der Waals surface area contributed by atoms with Crippen LogP contribution in [0.2, 0.25) is 0 Å². The SMILES string of the molecule is Cc1ccc(NC(=O)C[C@@H](c2ccccc2)n2cccc2)cc1. The molecule has 0 aliphatic rings. The molecule has 1 N–H and O–H groups in total. The molecular formula is C20H20N2O. The van der Waals surface area contributed by atoms with Gasteiger partial charge in [-0.15, -0.1) is 0 Å². The fourth-order valence-corrected chi connectivity index (χ4v) is 2.65. The molecule has 3 nitrogen and oxygen atoms in total. The number of amides is 1. The quantitative estimate of drug-likeness (QED) is 0.744. The molecule has 0 radical (unpaired) electrons. The predicted molar refractivity (Wildman–Crippen MR) is 93.4 cm³/mol. The minimum atomic E-state index is -0.00310. The summed E-state index contributed by atoms with van der Waals surface area (Å²) in [5, 5.41) is 2.98. The van der Waals surface area contributed by atoms with E-state index >= 15 is 0 Å². The molecule has 0 aliphatic heterocycles. The molecule has 1 amide bonds. The van der Waals surface area contributed by atoms with Gasteiger partial charge < -0.3 is 9.88 Å². The molecule has 0 spiro atoms. The number of hydrogen-bond acceptors (Lipinski definition) is 1. The number of aromatic nitrogens is 1. The molecule has 1 atom stereocenters. The zero-order chi connectivity index (χ0) is 16.1. The van der Waals surface area contributed by atoms with Crippen LogP contribution in [0, 0.1) is 6.92 Å². The molecule has 116 valence electrons. The number of carbonyl (C=O) groups excluding carboxylic acids is 1. The zero-order valence-electron chi connectivity index (χ0n) is 13.1. The van der Waals surface area contributed by atoms with Crippen LogP contribution in [-0.2, 0) is 4.79 Å². The molecule has 1 aromatic heterocycles. The summed E-state index contributed by atoms with van der Waals surface area (Å²) in [6.45, 7) is 2.03. The summed E-state index contributed by atoms with van der Waals surface area (Å²) in [6.07, 6.45) is 4.39. The van der Waals surface area contributed by atoms with E-state index < -0.39 is 0 Å². The van der Waals surface area contributed by atoms with Gasteiger partial charge in [0.1, 0.15) is 0 Å². The standard InChI is InChI=1S/C20H20N2O/c1-16-9-11-18(12-10-16)21-20(23)15-19(22-13-5-6-14-22)17-7-3-2-4-8-17/h2-14,19H,15H2,1H3,(H,21,23)/t19-/m0/s1. The Labute approximate surface area is 136 Å². The van der Waals surface area contributed by atoms with Gasteiger partial charge in [-0.1, -0.05) is 48.0 Å².